The molecule has 3 aromatic heterocycles. The summed E-state index contributed by atoms with van der Waals surface area (Å²) in [6, 6.07) is 13.4. The second kappa shape index (κ2) is 8.04. The lowest BCUT2D eigenvalue weighted by molar-refractivity contribution is 0.291. The molecule has 0 aliphatic carbocycles. The van der Waals surface area contributed by atoms with Crippen LogP contribution < -0.4 is 16.1 Å². The lowest BCUT2D eigenvalue weighted by Gasteiger charge is -2.08. The number of aromatic amines is 1. The van der Waals surface area contributed by atoms with E-state index >= 15 is 0 Å². The predicted molar refractivity (Wildman–Crippen MR) is 122 cm³/mol. The van der Waals surface area contributed by atoms with Crippen LogP contribution in [0.2, 0.25) is 0 Å². The Hall–Kier alpha value is -3.79. The van der Waals surface area contributed by atoms with Crippen molar-refractivity contribution in [2.75, 3.05) is 5.84 Å². The molecule has 0 bridgehead atoms. The summed E-state index contributed by atoms with van der Waals surface area (Å²) in [5.41, 5.74) is 3.30. The zero-order valence-corrected chi connectivity index (χ0v) is 18.3. The molecule has 0 radical (unpaired) electrons. The molecule has 0 saturated heterocycles. The first-order valence-corrected chi connectivity index (χ1v) is 10.9. The number of nitrogens with one attached hydrogen (secondary N) is 1. The van der Waals surface area contributed by atoms with Gasteiger partial charge in [-0.2, -0.15) is 0 Å². The number of nitrogens with two attached hydrogens (primary N) is 1. The van der Waals surface area contributed by atoms with Gasteiger partial charge in [-0.1, -0.05) is 30.0 Å². The largest absolute Gasteiger partial charge is 0.486 e. The van der Waals surface area contributed by atoms with Crippen LogP contribution in [0, 0.1) is 13.8 Å². The third-order valence-corrected chi connectivity index (χ3v) is 5.87. The van der Waals surface area contributed by atoms with Gasteiger partial charge < -0.3 is 20.0 Å². The number of aromatic nitrogens is 5. The molecule has 0 saturated carbocycles. The summed E-state index contributed by atoms with van der Waals surface area (Å²) in [5, 5.41) is 9.55. The SMILES string of the molecule is Cc1cc(C)cc(OCc2nnc(SCc3nc4c(oc5ccccc54)c(=O)[nH]3)n2N)c1. The Labute approximate surface area is 186 Å². The molecule has 162 valence electrons. The highest BCUT2D eigenvalue weighted by molar-refractivity contribution is 7.98. The van der Waals surface area contributed by atoms with E-state index in [0.29, 0.717) is 33.7 Å². The van der Waals surface area contributed by atoms with Crippen LogP contribution in [0.5, 0.6) is 5.75 Å². The van der Waals surface area contributed by atoms with Gasteiger partial charge in [-0.05, 0) is 49.2 Å². The molecule has 0 aliphatic rings. The molecule has 0 aliphatic heterocycles. The van der Waals surface area contributed by atoms with Gasteiger partial charge in [-0.3, -0.25) is 4.79 Å². The molecule has 32 heavy (non-hydrogen) atoms. The van der Waals surface area contributed by atoms with E-state index in [9.17, 15) is 4.79 Å². The summed E-state index contributed by atoms with van der Waals surface area (Å²) < 4.78 is 12.8. The smallest absolute Gasteiger partial charge is 0.294 e. The van der Waals surface area contributed by atoms with Gasteiger partial charge in [-0.25, -0.2) is 9.66 Å². The molecule has 0 amide bonds. The topological polar surface area (TPSA) is 125 Å². The van der Waals surface area contributed by atoms with Gasteiger partial charge in [0.15, 0.2) is 5.82 Å². The number of hydrogen-bond donors (Lipinski definition) is 2. The van der Waals surface area contributed by atoms with Gasteiger partial charge in [0, 0.05) is 5.39 Å². The van der Waals surface area contributed by atoms with Crippen molar-refractivity contribution < 1.29 is 9.15 Å². The van der Waals surface area contributed by atoms with Gasteiger partial charge in [0.2, 0.25) is 10.7 Å². The number of nitrogen functional groups attached to an aromatic ring is 1. The van der Waals surface area contributed by atoms with Crippen molar-refractivity contribution in [3.05, 3.63) is 75.6 Å². The fourth-order valence-electron chi connectivity index (χ4n) is 3.52. The molecular weight excluding hydrogens is 428 g/mol. The minimum absolute atomic E-state index is 0.189. The van der Waals surface area contributed by atoms with Gasteiger partial charge in [0.25, 0.3) is 5.56 Å². The van der Waals surface area contributed by atoms with Crippen LogP contribution in [0.3, 0.4) is 0 Å². The van der Waals surface area contributed by atoms with Crippen LogP contribution in [0.25, 0.3) is 22.1 Å². The fraction of sp³-hybridized carbons (Fsp3) is 0.182. The summed E-state index contributed by atoms with van der Waals surface area (Å²) in [5.74, 6) is 8.25. The summed E-state index contributed by atoms with van der Waals surface area (Å²) in [6.45, 7) is 4.22. The monoisotopic (exact) mass is 448 g/mol. The molecule has 5 rings (SSSR count). The lowest BCUT2D eigenvalue weighted by atomic mass is 10.1. The minimum Gasteiger partial charge on any atom is -0.486 e. The highest BCUT2D eigenvalue weighted by Crippen LogP contribution is 2.26. The van der Waals surface area contributed by atoms with Crippen molar-refractivity contribution in [2.45, 2.75) is 31.4 Å². The quantitative estimate of drug-likeness (QED) is 0.299. The van der Waals surface area contributed by atoms with E-state index in [1.807, 2.05) is 50.2 Å². The Kier molecular flexibility index (Phi) is 5.06. The summed E-state index contributed by atoms with van der Waals surface area (Å²) in [4.78, 5) is 19.8. The number of hydrogen-bond acceptors (Lipinski definition) is 8. The highest BCUT2D eigenvalue weighted by atomic mass is 32.2. The Morgan fingerprint density at radius 3 is 2.75 bits per heavy atom. The maximum Gasteiger partial charge on any atom is 0.294 e. The maximum atomic E-state index is 12.4. The molecule has 10 heteroatoms. The maximum absolute atomic E-state index is 12.4. The molecule has 5 aromatic rings. The number of furan rings is 1. The van der Waals surface area contributed by atoms with Gasteiger partial charge in [0.05, 0.1) is 5.75 Å². The normalized spacial score (nSPS) is 11.4. The summed E-state index contributed by atoms with van der Waals surface area (Å²) in [7, 11) is 0. The zero-order valence-electron chi connectivity index (χ0n) is 17.5. The standard InChI is InChI=1S/C22H20N6O3S/c1-12-7-13(2)9-14(8-12)30-10-18-26-27-22(28(18)23)32-11-17-24-19-15-5-3-4-6-16(15)31-20(19)21(29)25-17/h3-9H,10-11,23H2,1-2H3,(H,24,25,29). The number of H-pyrrole nitrogens is 1. The van der Waals surface area contributed by atoms with Crippen molar-refractivity contribution in [3.8, 4) is 5.75 Å². The number of thioether (sulfide) groups is 1. The number of aryl methyl sites for hydroxylation is 2. The molecule has 2 aromatic carbocycles. The molecule has 0 atom stereocenters. The van der Waals surface area contributed by atoms with Crippen LogP contribution in [-0.4, -0.2) is 24.8 Å². The van der Waals surface area contributed by atoms with E-state index in [1.54, 1.807) is 0 Å². The van der Waals surface area contributed by atoms with Crippen LogP contribution in [0.4, 0.5) is 0 Å². The second-order valence-electron chi connectivity index (χ2n) is 7.46. The number of ether oxygens (including phenoxy) is 1. The fourth-order valence-corrected chi connectivity index (χ4v) is 4.26. The first-order chi connectivity index (χ1) is 15.5. The van der Waals surface area contributed by atoms with Crippen LogP contribution >= 0.6 is 11.8 Å². The Balaban J connectivity index is 1.32. The first kappa shape index (κ1) is 20.1. The summed E-state index contributed by atoms with van der Waals surface area (Å²) >= 11 is 1.32. The molecular formula is C22H20N6O3S. The number of rotatable bonds is 6. The van der Waals surface area contributed by atoms with Crippen LogP contribution in [0.1, 0.15) is 22.8 Å². The van der Waals surface area contributed by atoms with E-state index in [1.165, 1.54) is 16.4 Å². The van der Waals surface area contributed by atoms with Crippen molar-refractivity contribution in [3.63, 3.8) is 0 Å². The van der Waals surface area contributed by atoms with E-state index in [2.05, 4.69) is 26.2 Å². The van der Waals surface area contributed by atoms with Crippen molar-refractivity contribution in [1.82, 2.24) is 24.8 Å². The first-order valence-electron chi connectivity index (χ1n) is 9.91. The molecule has 0 spiro atoms. The van der Waals surface area contributed by atoms with Crippen LogP contribution in [0.15, 0.2) is 56.8 Å². The van der Waals surface area contributed by atoms with E-state index in [0.717, 1.165) is 22.3 Å². The average molecular weight is 449 g/mol. The van der Waals surface area contributed by atoms with Gasteiger partial charge >= 0.3 is 0 Å². The third kappa shape index (κ3) is 3.80. The van der Waals surface area contributed by atoms with E-state index in [-0.39, 0.29) is 17.7 Å². The molecule has 9 nitrogen and oxygen atoms in total. The molecule has 0 unspecified atom stereocenters. The van der Waals surface area contributed by atoms with E-state index < -0.39 is 0 Å². The average Bonchev–Trinajstić information content (AvgIpc) is 3.31. The third-order valence-electron chi connectivity index (χ3n) is 4.92. The number of benzene rings is 2. The van der Waals surface area contributed by atoms with Crippen molar-refractivity contribution >= 4 is 33.8 Å². The molecule has 0 fully saturated rings. The second-order valence-corrected chi connectivity index (χ2v) is 8.40. The molecule has 3 N–H and O–H groups in total. The van der Waals surface area contributed by atoms with Crippen molar-refractivity contribution in [2.24, 2.45) is 0 Å². The number of para-hydroxylation sites is 1. The van der Waals surface area contributed by atoms with Crippen molar-refractivity contribution in [1.29, 1.82) is 0 Å². The van der Waals surface area contributed by atoms with E-state index in [4.69, 9.17) is 15.0 Å². The molecule has 3 heterocycles. The Morgan fingerprint density at radius 2 is 1.94 bits per heavy atom. The number of nitrogens with zero attached hydrogens (tertiary/aromatic N) is 4. The Bertz CT molecular complexity index is 1480. The Morgan fingerprint density at radius 1 is 1.16 bits per heavy atom. The minimum atomic E-state index is -0.321. The number of fused-ring (bicyclic) bond motifs is 3. The predicted octanol–water partition coefficient (Wildman–Crippen LogP) is 3.46. The lowest BCUT2D eigenvalue weighted by Crippen LogP contribution is -2.16. The van der Waals surface area contributed by atoms with Gasteiger partial charge in [0.1, 0.15) is 29.3 Å². The summed E-state index contributed by atoms with van der Waals surface area (Å²) in [6.07, 6.45) is 0. The van der Waals surface area contributed by atoms with Gasteiger partial charge in [-0.15, -0.1) is 10.2 Å². The highest BCUT2D eigenvalue weighted by Gasteiger charge is 2.15. The zero-order chi connectivity index (χ0) is 22.2. The van der Waals surface area contributed by atoms with Crippen LogP contribution in [-0.2, 0) is 12.4 Å².